The summed E-state index contributed by atoms with van der Waals surface area (Å²) >= 11 is 0. The molecule has 0 aliphatic carbocycles. The number of phenols is 1. The number of hydrogen-bond acceptors (Lipinski definition) is 5. The van der Waals surface area contributed by atoms with Gasteiger partial charge < -0.3 is 14.4 Å². The van der Waals surface area contributed by atoms with E-state index in [-0.39, 0.29) is 5.75 Å². The zero-order chi connectivity index (χ0) is 13.9. The molecule has 5 nitrogen and oxygen atoms in total. The highest BCUT2D eigenvalue weighted by molar-refractivity contribution is 5.71. The van der Waals surface area contributed by atoms with E-state index in [9.17, 15) is 5.11 Å². The van der Waals surface area contributed by atoms with E-state index in [0.29, 0.717) is 28.5 Å². The smallest absolute Gasteiger partial charge is 0.185 e. The van der Waals surface area contributed by atoms with Crippen LogP contribution in [-0.2, 0) is 0 Å². The maximum atomic E-state index is 9.91. The summed E-state index contributed by atoms with van der Waals surface area (Å²) in [5.41, 5.74) is 1.77. The van der Waals surface area contributed by atoms with Crippen molar-refractivity contribution < 1.29 is 14.4 Å². The Labute approximate surface area is 115 Å². The molecule has 0 saturated carbocycles. The highest BCUT2D eigenvalue weighted by atomic mass is 16.5. The van der Waals surface area contributed by atoms with Crippen molar-refractivity contribution in [1.82, 2.24) is 10.1 Å². The zero-order valence-electron chi connectivity index (χ0n) is 10.8. The van der Waals surface area contributed by atoms with Crippen LogP contribution in [0.5, 0.6) is 11.5 Å². The SMILES string of the molecule is COc1ccc(O)c(-c2cc(-c3ccccn3)on2)c1. The van der Waals surface area contributed by atoms with Gasteiger partial charge in [-0.3, -0.25) is 4.98 Å². The fraction of sp³-hybridized carbons (Fsp3) is 0.0667. The summed E-state index contributed by atoms with van der Waals surface area (Å²) in [7, 11) is 1.57. The Kier molecular flexibility index (Phi) is 3.09. The van der Waals surface area contributed by atoms with E-state index in [1.165, 1.54) is 0 Å². The van der Waals surface area contributed by atoms with Gasteiger partial charge in [0.15, 0.2) is 5.76 Å². The van der Waals surface area contributed by atoms with Gasteiger partial charge in [-0.15, -0.1) is 0 Å². The molecule has 2 aromatic heterocycles. The van der Waals surface area contributed by atoms with E-state index < -0.39 is 0 Å². The van der Waals surface area contributed by atoms with Crippen molar-refractivity contribution in [3.8, 4) is 34.2 Å². The maximum absolute atomic E-state index is 9.91. The lowest BCUT2D eigenvalue weighted by molar-refractivity contribution is 0.412. The molecule has 2 heterocycles. The monoisotopic (exact) mass is 268 g/mol. The summed E-state index contributed by atoms with van der Waals surface area (Å²) in [6.07, 6.45) is 1.68. The number of aromatic nitrogens is 2. The van der Waals surface area contributed by atoms with Crippen LogP contribution in [-0.4, -0.2) is 22.4 Å². The standard InChI is InChI=1S/C15H12N2O3/c1-19-10-5-6-14(18)11(8-10)13-9-15(20-17-13)12-4-2-3-7-16-12/h2-9,18H,1H3. The van der Waals surface area contributed by atoms with Gasteiger partial charge in [0.05, 0.1) is 7.11 Å². The molecule has 0 aliphatic rings. The van der Waals surface area contributed by atoms with Crippen LogP contribution in [0, 0.1) is 0 Å². The van der Waals surface area contributed by atoms with E-state index >= 15 is 0 Å². The van der Waals surface area contributed by atoms with E-state index in [2.05, 4.69) is 10.1 Å². The molecule has 0 spiro atoms. The molecule has 0 amide bonds. The lowest BCUT2D eigenvalue weighted by Crippen LogP contribution is -1.84. The quantitative estimate of drug-likeness (QED) is 0.790. The number of ether oxygens (including phenoxy) is 1. The predicted molar refractivity (Wildman–Crippen MR) is 73.4 cm³/mol. The average molecular weight is 268 g/mol. The summed E-state index contributed by atoms with van der Waals surface area (Å²) in [6.45, 7) is 0. The minimum absolute atomic E-state index is 0.117. The molecule has 100 valence electrons. The Morgan fingerprint density at radius 1 is 1.10 bits per heavy atom. The molecule has 0 unspecified atom stereocenters. The topological polar surface area (TPSA) is 68.4 Å². The third-order valence-corrected chi connectivity index (χ3v) is 2.91. The number of rotatable bonds is 3. The van der Waals surface area contributed by atoms with Gasteiger partial charge in [0.2, 0.25) is 0 Å². The van der Waals surface area contributed by atoms with E-state index in [1.54, 1.807) is 37.6 Å². The number of nitrogens with zero attached hydrogens (tertiary/aromatic N) is 2. The molecule has 0 radical (unpaired) electrons. The second-order valence-electron chi connectivity index (χ2n) is 4.17. The van der Waals surface area contributed by atoms with E-state index in [4.69, 9.17) is 9.26 Å². The number of phenolic OH excluding ortho intramolecular Hbond substituents is 1. The van der Waals surface area contributed by atoms with Crippen molar-refractivity contribution >= 4 is 0 Å². The summed E-state index contributed by atoms with van der Waals surface area (Å²) < 4.78 is 10.4. The highest BCUT2D eigenvalue weighted by Gasteiger charge is 2.13. The summed E-state index contributed by atoms with van der Waals surface area (Å²) in [5, 5.41) is 13.9. The zero-order valence-corrected chi connectivity index (χ0v) is 10.8. The van der Waals surface area contributed by atoms with Crippen LogP contribution >= 0.6 is 0 Å². The fourth-order valence-electron chi connectivity index (χ4n) is 1.88. The summed E-state index contributed by atoms with van der Waals surface area (Å²) in [6, 6.07) is 12.2. The Morgan fingerprint density at radius 2 is 2.00 bits per heavy atom. The number of methoxy groups -OCH3 is 1. The third kappa shape index (κ3) is 2.21. The molecule has 3 rings (SSSR count). The Bertz CT molecular complexity index is 723. The second-order valence-corrected chi connectivity index (χ2v) is 4.17. The molecule has 20 heavy (non-hydrogen) atoms. The van der Waals surface area contributed by atoms with Gasteiger partial charge >= 0.3 is 0 Å². The van der Waals surface area contributed by atoms with Crippen LogP contribution in [0.2, 0.25) is 0 Å². The molecule has 0 aliphatic heterocycles. The first-order valence-electron chi connectivity index (χ1n) is 6.03. The molecular weight excluding hydrogens is 256 g/mol. The molecule has 5 heteroatoms. The van der Waals surface area contributed by atoms with Gasteiger partial charge in [-0.2, -0.15) is 0 Å². The lowest BCUT2D eigenvalue weighted by Gasteiger charge is -2.03. The minimum atomic E-state index is 0.117. The number of pyridine rings is 1. The largest absolute Gasteiger partial charge is 0.507 e. The normalized spacial score (nSPS) is 10.4. The summed E-state index contributed by atoms with van der Waals surface area (Å²) in [5.74, 6) is 1.30. The summed E-state index contributed by atoms with van der Waals surface area (Å²) in [4.78, 5) is 4.19. The Balaban J connectivity index is 2.02. The first-order chi connectivity index (χ1) is 9.78. The van der Waals surface area contributed by atoms with Crippen LogP contribution in [0.3, 0.4) is 0 Å². The van der Waals surface area contributed by atoms with E-state index in [1.807, 2.05) is 18.2 Å². The van der Waals surface area contributed by atoms with Crippen molar-refractivity contribution in [3.63, 3.8) is 0 Å². The van der Waals surface area contributed by atoms with Crippen LogP contribution in [0.4, 0.5) is 0 Å². The predicted octanol–water partition coefficient (Wildman–Crippen LogP) is 3.12. The Morgan fingerprint density at radius 3 is 2.75 bits per heavy atom. The van der Waals surface area contributed by atoms with Gasteiger partial charge in [0.25, 0.3) is 0 Å². The van der Waals surface area contributed by atoms with Gasteiger partial charge in [-0.05, 0) is 30.3 Å². The molecule has 1 N–H and O–H groups in total. The molecule has 0 fully saturated rings. The van der Waals surface area contributed by atoms with Crippen LogP contribution in [0.1, 0.15) is 0 Å². The molecule has 0 saturated heterocycles. The minimum Gasteiger partial charge on any atom is -0.507 e. The van der Waals surface area contributed by atoms with Crippen molar-refractivity contribution in [3.05, 3.63) is 48.7 Å². The van der Waals surface area contributed by atoms with Crippen LogP contribution in [0.15, 0.2) is 53.2 Å². The maximum Gasteiger partial charge on any atom is 0.185 e. The van der Waals surface area contributed by atoms with Crippen molar-refractivity contribution in [1.29, 1.82) is 0 Å². The van der Waals surface area contributed by atoms with Crippen molar-refractivity contribution in [2.45, 2.75) is 0 Å². The highest BCUT2D eigenvalue weighted by Crippen LogP contribution is 2.33. The van der Waals surface area contributed by atoms with Crippen molar-refractivity contribution in [2.24, 2.45) is 0 Å². The lowest BCUT2D eigenvalue weighted by atomic mass is 10.1. The Hall–Kier alpha value is -2.82. The van der Waals surface area contributed by atoms with Gasteiger partial charge in [0, 0.05) is 17.8 Å². The van der Waals surface area contributed by atoms with E-state index in [0.717, 1.165) is 0 Å². The number of hydrogen-bond donors (Lipinski definition) is 1. The third-order valence-electron chi connectivity index (χ3n) is 2.91. The second kappa shape index (κ2) is 5.05. The number of benzene rings is 1. The first-order valence-corrected chi connectivity index (χ1v) is 6.03. The molecule has 3 aromatic rings. The number of aromatic hydroxyl groups is 1. The average Bonchev–Trinajstić information content (AvgIpc) is 2.98. The van der Waals surface area contributed by atoms with Crippen molar-refractivity contribution in [2.75, 3.05) is 7.11 Å². The van der Waals surface area contributed by atoms with Gasteiger partial charge in [0.1, 0.15) is 22.9 Å². The fourth-order valence-corrected chi connectivity index (χ4v) is 1.88. The van der Waals surface area contributed by atoms with Gasteiger partial charge in [-0.25, -0.2) is 0 Å². The molecule has 1 aromatic carbocycles. The van der Waals surface area contributed by atoms with Crippen LogP contribution < -0.4 is 4.74 Å². The first kappa shape index (κ1) is 12.2. The molecular formula is C15H12N2O3. The molecule has 0 bridgehead atoms. The molecule has 0 atom stereocenters. The van der Waals surface area contributed by atoms with Crippen LogP contribution in [0.25, 0.3) is 22.7 Å². The van der Waals surface area contributed by atoms with Gasteiger partial charge in [-0.1, -0.05) is 11.2 Å².